The molecule has 2 heteroatoms. The lowest BCUT2D eigenvalue weighted by Gasteiger charge is -2.37. The highest BCUT2D eigenvalue weighted by atomic mass is 16.4. The molecule has 0 saturated carbocycles. The Bertz CT molecular complexity index is 745. The first-order chi connectivity index (χ1) is 11.2. The van der Waals surface area contributed by atoms with Crippen LogP contribution in [-0.2, 0) is 0 Å². The van der Waals surface area contributed by atoms with E-state index in [1.165, 1.54) is 29.6 Å². The van der Waals surface area contributed by atoms with E-state index >= 15 is 0 Å². The van der Waals surface area contributed by atoms with E-state index in [-0.39, 0.29) is 5.41 Å². The second-order valence-corrected chi connectivity index (χ2v) is 7.49. The number of hydrogen-bond acceptors (Lipinski definition) is 1. The molecule has 1 aromatic rings. The van der Waals surface area contributed by atoms with E-state index in [0.717, 1.165) is 23.1 Å². The lowest BCUT2D eigenvalue weighted by atomic mass is 9.67. The van der Waals surface area contributed by atoms with E-state index in [2.05, 4.69) is 34.3 Å². The number of hydrogen-bond donors (Lipinski definition) is 1. The van der Waals surface area contributed by atoms with Crippen LogP contribution < -0.4 is 0 Å². The molecule has 24 heavy (non-hydrogen) atoms. The summed E-state index contributed by atoms with van der Waals surface area (Å²) in [7, 11) is 0. The van der Waals surface area contributed by atoms with Crippen molar-refractivity contribution in [1.29, 1.82) is 0 Å². The van der Waals surface area contributed by atoms with E-state index < -0.39 is 5.97 Å². The Labute approximate surface area is 145 Å². The molecule has 1 aromatic carbocycles. The monoisotopic (exact) mass is 324 g/mol. The van der Waals surface area contributed by atoms with Crippen molar-refractivity contribution < 1.29 is 9.90 Å². The van der Waals surface area contributed by atoms with E-state index in [4.69, 9.17) is 0 Å². The lowest BCUT2D eigenvalue weighted by Crippen LogP contribution is -2.22. The van der Waals surface area contributed by atoms with E-state index in [1.54, 1.807) is 12.1 Å². The average molecular weight is 324 g/mol. The number of allylic oxidation sites excluding steroid dienone is 5. The molecule has 0 aromatic heterocycles. The molecule has 0 spiro atoms. The summed E-state index contributed by atoms with van der Waals surface area (Å²) >= 11 is 0. The number of aryl methyl sites for hydroxylation is 1. The van der Waals surface area contributed by atoms with Crippen LogP contribution in [0.4, 0.5) is 0 Å². The summed E-state index contributed by atoms with van der Waals surface area (Å²) in [6.45, 7) is 14.9. The van der Waals surface area contributed by atoms with Crippen LogP contribution in [0.25, 0.3) is 5.57 Å². The highest BCUT2D eigenvalue weighted by molar-refractivity contribution is 5.91. The van der Waals surface area contributed by atoms with Gasteiger partial charge in [0.15, 0.2) is 0 Å². The topological polar surface area (TPSA) is 37.3 Å². The zero-order valence-electron chi connectivity index (χ0n) is 15.5. The molecule has 128 valence electrons. The Kier molecular flexibility index (Phi) is 5.17. The Morgan fingerprint density at radius 3 is 2.46 bits per heavy atom. The van der Waals surface area contributed by atoms with Crippen LogP contribution in [0.3, 0.4) is 0 Å². The van der Waals surface area contributed by atoms with Gasteiger partial charge in [-0.1, -0.05) is 38.1 Å². The van der Waals surface area contributed by atoms with Crippen LogP contribution in [-0.4, -0.2) is 11.1 Å². The highest BCUT2D eigenvalue weighted by Crippen LogP contribution is 2.48. The summed E-state index contributed by atoms with van der Waals surface area (Å²) in [5, 5.41) is 9.23. The molecular formula is C22H28O2. The summed E-state index contributed by atoms with van der Waals surface area (Å²) in [6.07, 6.45) is 5.42. The summed E-state index contributed by atoms with van der Waals surface area (Å²) in [4.78, 5) is 11.2. The molecule has 0 amide bonds. The maximum atomic E-state index is 11.2. The van der Waals surface area contributed by atoms with Crippen molar-refractivity contribution in [3.05, 3.63) is 64.3 Å². The van der Waals surface area contributed by atoms with Gasteiger partial charge in [0.25, 0.3) is 0 Å². The molecule has 0 saturated heterocycles. The maximum absolute atomic E-state index is 11.2. The summed E-state index contributed by atoms with van der Waals surface area (Å²) < 4.78 is 0. The molecule has 0 aliphatic heterocycles. The van der Waals surface area contributed by atoms with Crippen LogP contribution >= 0.6 is 0 Å². The van der Waals surface area contributed by atoms with Crippen LogP contribution in [0.15, 0.2) is 47.6 Å². The summed E-state index contributed by atoms with van der Waals surface area (Å²) in [5.41, 5.74) is 7.75. The van der Waals surface area contributed by atoms with Gasteiger partial charge < -0.3 is 5.11 Å². The van der Waals surface area contributed by atoms with Crippen molar-refractivity contribution in [1.82, 2.24) is 0 Å². The van der Waals surface area contributed by atoms with E-state index in [1.807, 2.05) is 19.1 Å². The fourth-order valence-electron chi connectivity index (χ4n) is 3.90. The second kappa shape index (κ2) is 6.80. The molecule has 0 heterocycles. The smallest absolute Gasteiger partial charge is 0.335 e. The fourth-order valence-corrected chi connectivity index (χ4v) is 3.90. The van der Waals surface area contributed by atoms with Crippen LogP contribution in [0, 0.1) is 12.3 Å². The predicted octanol–water partition coefficient (Wildman–Crippen LogP) is 6.18. The third-order valence-corrected chi connectivity index (χ3v) is 5.15. The largest absolute Gasteiger partial charge is 0.478 e. The third-order valence-electron chi connectivity index (χ3n) is 5.15. The van der Waals surface area contributed by atoms with Gasteiger partial charge in [0, 0.05) is 0 Å². The minimum absolute atomic E-state index is 0.111. The van der Waals surface area contributed by atoms with Gasteiger partial charge in [-0.2, -0.15) is 0 Å². The zero-order valence-corrected chi connectivity index (χ0v) is 15.5. The Hall–Kier alpha value is -2.09. The Morgan fingerprint density at radius 1 is 1.29 bits per heavy atom. The van der Waals surface area contributed by atoms with Crippen LogP contribution in [0.5, 0.6) is 0 Å². The number of carbonyl (C=O) groups is 1. The Morgan fingerprint density at radius 2 is 1.96 bits per heavy atom. The number of carboxylic acids is 1. The van der Waals surface area contributed by atoms with E-state index in [0.29, 0.717) is 5.56 Å². The maximum Gasteiger partial charge on any atom is 0.335 e. The average Bonchev–Trinajstić information content (AvgIpc) is 2.50. The molecule has 0 unspecified atom stereocenters. The van der Waals surface area contributed by atoms with Gasteiger partial charge in [-0.3, -0.25) is 0 Å². The Balaban J connectivity index is 2.73. The van der Waals surface area contributed by atoms with E-state index in [9.17, 15) is 9.90 Å². The number of aromatic carboxylic acids is 1. The zero-order chi connectivity index (χ0) is 18.1. The van der Waals surface area contributed by atoms with Crippen molar-refractivity contribution >= 4 is 11.5 Å². The van der Waals surface area contributed by atoms with Gasteiger partial charge in [0.05, 0.1) is 5.56 Å². The minimum Gasteiger partial charge on any atom is -0.478 e. The highest BCUT2D eigenvalue weighted by Gasteiger charge is 2.32. The normalized spacial score (nSPS) is 18.2. The lowest BCUT2D eigenvalue weighted by molar-refractivity contribution is 0.0697. The molecule has 0 bridgehead atoms. The van der Waals surface area contributed by atoms with Crippen molar-refractivity contribution in [3.63, 3.8) is 0 Å². The van der Waals surface area contributed by atoms with Crippen molar-refractivity contribution in [2.75, 3.05) is 0 Å². The fraction of sp³-hybridized carbons (Fsp3) is 0.409. The van der Waals surface area contributed by atoms with Crippen molar-refractivity contribution in [2.24, 2.45) is 5.41 Å². The molecular weight excluding hydrogens is 296 g/mol. The number of benzene rings is 1. The second-order valence-electron chi connectivity index (χ2n) is 7.49. The first-order valence-electron chi connectivity index (χ1n) is 8.57. The molecule has 2 nitrogen and oxygen atoms in total. The molecule has 1 aliphatic carbocycles. The predicted molar refractivity (Wildman–Crippen MR) is 101 cm³/mol. The molecule has 0 atom stereocenters. The van der Waals surface area contributed by atoms with Gasteiger partial charge in [0.2, 0.25) is 0 Å². The minimum atomic E-state index is -0.885. The first-order valence-corrected chi connectivity index (χ1v) is 8.57. The van der Waals surface area contributed by atoms with Gasteiger partial charge >= 0.3 is 5.97 Å². The number of carboxylic acid groups (broad SMARTS) is 1. The number of rotatable bonds is 4. The molecule has 1 N–H and O–H groups in total. The summed E-state index contributed by atoms with van der Waals surface area (Å²) in [5.74, 6) is -0.885. The summed E-state index contributed by atoms with van der Waals surface area (Å²) in [6, 6.07) is 5.42. The standard InChI is InChI=1S/C22H28O2/c1-7-14(2)19(20-15(3)9-8-12-22(20,5)6)18-11-10-17(21(23)24)13-16(18)4/h7,10-11,13H,1,8-9,12H2,2-6H3,(H,23,24). The van der Waals surface area contributed by atoms with Crippen molar-refractivity contribution in [2.45, 2.75) is 53.9 Å². The first kappa shape index (κ1) is 18.3. The van der Waals surface area contributed by atoms with Gasteiger partial charge in [-0.05, 0) is 85.4 Å². The van der Waals surface area contributed by atoms with Crippen molar-refractivity contribution in [3.8, 4) is 0 Å². The van der Waals surface area contributed by atoms with Gasteiger partial charge in [-0.25, -0.2) is 4.79 Å². The SMILES string of the molecule is C=CC(C)=C(C1=C(C)CCCC1(C)C)c1ccc(C(=O)O)cc1C. The molecule has 1 aliphatic rings. The quantitative estimate of drug-likeness (QED) is 0.671. The van der Waals surface area contributed by atoms with Crippen LogP contribution in [0.1, 0.15) is 68.4 Å². The van der Waals surface area contributed by atoms with Gasteiger partial charge in [0.1, 0.15) is 0 Å². The molecule has 2 rings (SSSR count). The molecule has 0 fully saturated rings. The molecule has 0 radical (unpaired) electrons. The van der Waals surface area contributed by atoms with Crippen LogP contribution in [0.2, 0.25) is 0 Å². The van der Waals surface area contributed by atoms with Gasteiger partial charge in [-0.15, -0.1) is 0 Å². The third kappa shape index (κ3) is 3.38.